The number of carbonyl (C=O) groups excluding carboxylic acids is 1. The number of halogens is 1. The van der Waals surface area contributed by atoms with E-state index in [1.807, 2.05) is 30.5 Å². The van der Waals surface area contributed by atoms with Gasteiger partial charge in [0.1, 0.15) is 5.82 Å². The molecule has 25 heavy (non-hydrogen) atoms. The highest BCUT2D eigenvalue weighted by atomic mass is 79.9. The molecule has 2 heterocycles. The molecule has 1 aromatic heterocycles. The maximum Gasteiger partial charge on any atom is 0.336 e. The van der Waals surface area contributed by atoms with Crippen molar-refractivity contribution in [2.75, 3.05) is 18.7 Å². The van der Waals surface area contributed by atoms with Crippen molar-refractivity contribution < 1.29 is 9.53 Å². The lowest BCUT2D eigenvalue weighted by Crippen LogP contribution is -2.30. The summed E-state index contributed by atoms with van der Waals surface area (Å²) in [5.74, 6) is -0.578. The molecule has 1 atom stereocenters. The smallest absolute Gasteiger partial charge is 0.336 e. The van der Waals surface area contributed by atoms with Gasteiger partial charge in [0.2, 0.25) is 0 Å². The summed E-state index contributed by atoms with van der Waals surface area (Å²) in [6.45, 7) is 1.78. The number of benzene rings is 1. The van der Waals surface area contributed by atoms with E-state index in [1.165, 1.54) is 18.9 Å². The molecule has 2 N–H and O–H groups in total. The second-order valence-corrected chi connectivity index (χ2v) is 7.19. The summed E-state index contributed by atoms with van der Waals surface area (Å²) >= 11 is 4.79. The van der Waals surface area contributed by atoms with Gasteiger partial charge in [0.25, 0.3) is 5.56 Å². The van der Waals surface area contributed by atoms with Crippen molar-refractivity contribution >= 4 is 39.5 Å². The van der Waals surface area contributed by atoms with Gasteiger partial charge >= 0.3 is 5.97 Å². The van der Waals surface area contributed by atoms with Crippen LogP contribution in [0, 0.1) is 0 Å². The SMILES string of the molecule is COC(=O)C1=C(C)Nc2nc(SC)[nH]c(=O)c2C1c1cccc(Br)c1. The first-order chi connectivity index (χ1) is 12.0. The Labute approximate surface area is 157 Å². The molecule has 0 saturated carbocycles. The normalized spacial score (nSPS) is 16.2. The molecule has 1 aliphatic heterocycles. The molecular weight excluding hydrogens is 406 g/mol. The van der Waals surface area contributed by atoms with E-state index in [9.17, 15) is 9.59 Å². The molecule has 0 saturated heterocycles. The quantitative estimate of drug-likeness (QED) is 0.449. The number of carbonyl (C=O) groups is 1. The highest BCUT2D eigenvalue weighted by Crippen LogP contribution is 2.40. The highest BCUT2D eigenvalue weighted by Gasteiger charge is 2.36. The number of allylic oxidation sites excluding steroid dienone is 1. The van der Waals surface area contributed by atoms with Crippen LogP contribution in [0.3, 0.4) is 0 Å². The molecule has 1 aliphatic rings. The van der Waals surface area contributed by atoms with Crippen molar-refractivity contribution in [1.29, 1.82) is 0 Å². The topological polar surface area (TPSA) is 84.1 Å². The Kier molecular flexibility index (Phi) is 5.01. The van der Waals surface area contributed by atoms with Crippen LogP contribution in [0.2, 0.25) is 0 Å². The Hall–Kier alpha value is -2.06. The molecule has 0 fully saturated rings. The fourth-order valence-corrected chi connectivity index (χ4v) is 3.72. The van der Waals surface area contributed by atoms with E-state index in [-0.39, 0.29) is 5.56 Å². The average molecular weight is 422 g/mol. The summed E-state index contributed by atoms with van der Waals surface area (Å²) < 4.78 is 5.81. The van der Waals surface area contributed by atoms with Crippen molar-refractivity contribution in [2.24, 2.45) is 0 Å². The monoisotopic (exact) mass is 421 g/mol. The molecule has 0 aliphatic carbocycles. The predicted octanol–water partition coefficient (Wildman–Crippen LogP) is 3.26. The first-order valence-corrected chi connectivity index (χ1v) is 9.47. The van der Waals surface area contributed by atoms with Crippen LogP contribution in [0.1, 0.15) is 24.0 Å². The molecule has 1 aromatic carbocycles. The van der Waals surface area contributed by atoms with E-state index < -0.39 is 11.9 Å². The van der Waals surface area contributed by atoms with E-state index in [0.717, 1.165) is 10.0 Å². The summed E-state index contributed by atoms with van der Waals surface area (Å²) in [6, 6.07) is 7.52. The van der Waals surface area contributed by atoms with Crippen LogP contribution in [0.5, 0.6) is 0 Å². The summed E-state index contributed by atoms with van der Waals surface area (Å²) in [5, 5.41) is 3.59. The van der Waals surface area contributed by atoms with Crippen LogP contribution in [0.15, 0.2) is 50.0 Å². The minimum atomic E-state index is -0.562. The Balaban J connectivity index is 2.30. The zero-order valence-corrected chi connectivity index (χ0v) is 16.2. The van der Waals surface area contributed by atoms with Gasteiger partial charge in [0.15, 0.2) is 5.16 Å². The van der Waals surface area contributed by atoms with Gasteiger partial charge in [0, 0.05) is 10.2 Å². The maximum absolute atomic E-state index is 12.7. The van der Waals surface area contributed by atoms with Gasteiger partial charge in [-0.15, -0.1) is 0 Å². The van der Waals surface area contributed by atoms with Crippen LogP contribution < -0.4 is 10.9 Å². The van der Waals surface area contributed by atoms with Crippen molar-refractivity contribution in [3.63, 3.8) is 0 Å². The number of aromatic amines is 1. The lowest BCUT2D eigenvalue weighted by atomic mass is 9.82. The van der Waals surface area contributed by atoms with Gasteiger partial charge in [0.05, 0.1) is 24.2 Å². The van der Waals surface area contributed by atoms with Crippen molar-refractivity contribution in [2.45, 2.75) is 18.0 Å². The molecule has 0 radical (unpaired) electrons. The minimum Gasteiger partial charge on any atom is -0.466 e. The Bertz CT molecular complexity index is 939. The fourth-order valence-electron chi connectivity index (χ4n) is 2.93. The third-order valence-electron chi connectivity index (χ3n) is 4.00. The predicted molar refractivity (Wildman–Crippen MR) is 101 cm³/mol. The lowest BCUT2D eigenvalue weighted by molar-refractivity contribution is -0.136. The Morgan fingerprint density at radius 2 is 2.16 bits per heavy atom. The number of hydrogen-bond donors (Lipinski definition) is 2. The standard InChI is InChI=1S/C17H16BrN3O3S/c1-8-11(16(23)24-2)12(9-5-4-6-10(18)7-9)13-14(19-8)20-17(25-3)21-15(13)22/h4-7,12H,1-3H3,(H2,19,20,21,22). The van der Waals surface area contributed by atoms with Crippen LogP contribution >= 0.6 is 27.7 Å². The van der Waals surface area contributed by atoms with Crippen LogP contribution in [-0.4, -0.2) is 29.3 Å². The molecule has 0 amide bonds. The number of H-pyrrole nitrogens is 1. The molecule has 8 heteroatoms. The summed E-state index contributed by atoms with van der Waals surface area (Å²) in [7, 11) is 1.33. The van der Waals surface area contributed by atoms with E-state index in [4.69, 9.17) is 4.74 Å². The fraction of sp³-hybridized carbons (Fsp3) is 0.235. The number of rotatable bonds is 3. The second kappa shape index (κ2) is 7.05. The molecule has 0 bridgehead atoms. The summed E-state index contributed by atoms with van der Waals surface area (Å²) in [6.07, 6.45) is 1.84. The number of methoxy groups -OCH3 is 1. The third kappa shape index (κ3) is 3.23. The van der Waals surface area contributed by atoms with E-state index >= 15 is 0 Å². The maximum atomic E-state index is 12.7. The van der Waals surface area contributed by atoms with E-state index in [0.29, 0.717) is 27.8 Å². The van der Waals surface area contributed by atoms with Crippen molar-refractivity contribution in [1.82, 2.24) is 9.97 Å². The molecule has 130 valence electrons. The number of esters is 1. The molecule has 6 nitrogen and oxygen atoms in total. The van der Waals surface area contributed by atoms with Gasteiger partial charge < -0.3 is 15.0 Å². The molecule has 2 aromatic rings. The Morgan fingerprint density at radius 1 is 1.40 bits per heavy atom. The van der Waals surface area contributed by atoms with Gasteiger partial charge in [-0.2, -0.15) is 0 Å². The number of fused-ring (bicyclic) bond motifs is 1. The van der Waals surface area contributed by atoms with Gasteiger partial charge in [-0.1, -0.05) is 39.8 Å². The van der Waals surface area contributed by atoms with Gasteiger partial charge in [-0.3, -0.25) is 4.79 Å². The zero-order chi connectivity index (χ0) is 18.1. The van der Waals surface area contributed by atoms with Crippen LogP contribution in [-0.2, 0) is 9.53 Å². The highest BCUT2D eigenvalue weighted by molar-refractivity contribution is 9.10. The molecule has 1 unspecified atom stereocenters. The number of ether oxygens (including phenoxy) is 1. The van der Waals surface area contributed by atoms with Crippen molar-refractivity contribution in [3.05, 3.63) is 61.5 Å². The second-order valence-electron chi connectivity index (χ2n) is 5.48. The number of nitrogens with zero attached hydrogens (tertiary/aromatic N) is 1. The lowest BCUT2D eigenvalue weighted by Gasteiger charge is -2.28. The average Bonchev–Trinajstić information content (AvgIpc) is 2.59. The van der Waals surface area contributed by atoms with Gasteiger partial charge in [-0.25, -0.2) is 9.78 Å². The van der Waals surface area contributed by atoms with Crippen LogP contribution in [0.25, 0.3) is 0 Å². The molecule has 3 rings (SSSR count). The van der Waals surface area contributed by atoms with Crippen LogP contribution in [0.4, 0.5) is 5.82 Å². The first kappa shape index (κ1) is 17.8. The van der Waals surface area contributed by atoms with E-state index in [1.54, 1.807) is 6.92 Å². The zero-order valence-electron chi connectivity index (χ0n) is 13.8. The third-order valence-corrected chi connectivity index (χ3v) is 5.07. The summed E-state index contributed by atoms with van der Waals surface area (Å²) in [4.78, 5) is 32.4. The van der Waals surface area contributed by atoms with Gasteiger partial charge in [-0.05, 0) is 30.9 Å². The Morgan fingerprint density at radius 3 is 2.80 bits per heavy atom. The first-order valence-electron chi connectivity index (χ1n) is 7.46. The number of nitrogens with one attached hydrogen (secondary N) is 2. The number of hydrogen-bond acceptors (Lipinski definition) is 6. The summed E-state index contributed by atoms with van der Waals surface area (Å²) in [5.41, 5.74) is 1.95. The number of aromatic nitrogens is 2. The molecule has 0 spiro atoms. The number of anilines is 1. The largest absolute Gasteiger partial charge is 0.466 e. The van der Waals surface area contributed by atoms with E-state index in [2.05, 4.69) is 31.2 Å². The minimum absolute atomic E-state index is 0.277. The number of thioether (sulfide) groups is 1. The molecular formula is C17H16BrN3O3S. The van der Waals surface area contributed by atoms with Crippen molar-refractivity contribution in [3.8, 4) is 0 Å².